The highest BCUT2D eigenvalue weighted by Crippen LogP contribution is 2.16. The topological polar surface area (TPSA) is 51.2 Å². The third-order valence-corrected chi connectivity index (χ3v) is 2.69. The summed E-state index contributed by atoms with van der Waals surface area (Å²) in [7, 11) is 0. The first-order valence-electron chi connectivity index (χ1n) is 4.61. The van der Waals surface area contributed by atoms with Crippen LogP contribution in [0.3, 0.4) is 0 Å². The second kappa shape index (κ2) is 3.90. The number of ether oxygens (including phenoxy) is 1. The van der Waals surface area contributed by atoms with E-state index in [1.807, 2.05) is 6.92 Å². The van der Waals surface area contributed by atoms with E-state index in [0.29, 0.717) is 18.9 Å². The van der Waals surface area contributed by atoms with Crippen LogP contribution in [0.2, 0.25) is 0 Å². The number of nitrogens with zero attached hydrogens (tertiary/aromatic N) is 1. The molecule has 0 bridgehead atoms. The van der Waals surface area contributed by atoms with Gasteiger partial charge in [-0.05, 0) is 35.0 Å². The highest BCUT2D eigenvalue weighted by Gasteiger charge is 2.35. The minimum Gasteiger partial charge on any atom is -0.376 e. The molecule has 5 heteroatoms. The van der Waals surface area contributed by atoms with Gasteiger partial charge in [0.2, 0.25) is 0 Å². The highest BCUT2D eigenvalue weighted by atomic mass is 79.9. The molecule has 1 aliphatic heterocycles. The maximum atomic E-state index is 11.7. The molecule has 0 radical (unpaired) electrons. The van der Waals surface area contributed by atoms with Crippen LogP contribution in [-0.4, -0.2) is 29.6 Å². The molecule has 0 aliphatic carbocycles. The summed E-state index contributed by atoms with van der Waals surface area (Å²) in [6, 6.07) is 3.48. The molecule has 1 N–H and O–H groups in total. The SMILES string of the molecule is CC1(NC(=O)c2ccc(Br)cn2)COC1. The fourth-order valence-electron chi connectivity index (χ4n) is 1.33. The Morgan fingerprint density at radius 2 is 2.33 bits per heavy atom. The number of hydrogen-bond acceptors (Lipinski definition) is 3. The molecule has 0 unspecified atom stereocenters. The Hall–Kier alpha value is -0.940. The van der Waals surface area contributed by atoms with Gasteiger partial charge >= 0.3 is 0 Å². The molecule has 0 saturated carbocycles. The second-order valence-electron chi connectivity index (χ2n) is 3.87. The lowest BCUT2D eigenvalue weighted by atomic mass is 10.0. The molecular weight excluding hydrogens is 260 g/mol. The highest BCUT2D eigenvalue weighted by molar-refractivity contribution is 9.10. The molecule has 0 aromatic carbocycles. The Morgan fingerprint density at radius 3 is 2.80 bits per heavy atom. The summed E-state index contributed by atoms with van der Waals surface area (Å²) in [5, 5.41) is 2.89. The zero-order valence-electron chi connectivity index (χ0n) is 8.29. The van der Waals surface area contributed by atoms with Gasteiger partial charge in [0.05, 0.1) is 18.8 Å². The number of rotatable bonds is 2. The Morgan fingerprint density at radius 1 is 1.60 bits per heavy atom. The van der Waals surface area contributed by atoms with Crippen LogP contribution in [0.1, 0.15) is 17.4 Å². The molecule has 1 aromatic heterocycles. The van der Waals surface area contributed by atoms with E-state index in [1.54, 1.807) is 18.3 Å². The van der Waals surface area contributed by atoms with Crippen molar-refractivity contribution in [2.45, 2.75) is 12.5 Å². The van der Waals surface area contributed by atoms with Crippen molar-refractivity contribution in [1.82, 2.24) is 10.3 Å². The Bertz CT molecular complexity index is 374. The van der Waals surface area contributed by atoms with E-state index in [9.17, 15) is 4.79 Å². The fraction of sp³-hybridized carbons (Fsp3) is 0.400. The predicted molar refractivity (Wildman–Crippen MR) is 58.6 cm³/mol. The van der Waals surface area contributed by atoms with Crippen LogP contribution in [0.4, 0.5) is 0 Å². The third kappa shape index (κ3) is 2.35. The molecule has 1 saturated heterocycles. The van der Waals surface area contributed by atoms with Crippen molar-refractivity contribution in [3.8, 4) is 0 Å². The molecule has 1 aliphatic rings. The molecule has 1 amide bonds. The molecule has 2 heterocycles. The smallest absolute Gasteiger partial charge is 0.270 e. The van der Waals surface area contributed by atoms with Gasteiger partial charge in [-0.1, -0.05) is 0 Å². The number of carbonyl (C=O) groups excluding carboxylic acids is 1. The summed E-state index contributed by atoms with van der Waals surface area (Å²) in [6.07, 6.45) is 1.61. The van der Waals surface area contributed by atoms with Crippen LogP contribution in [0, 0.1) is 0 Å². The zero-order chi connectivity index (χ0) is 10.9. The van der Waals surface area contributed by atoms with Gasteiger partial charge in [-0.2, -0.15) is 0 Å². The number of carbonyl (C=O) groups is 1. The molecule has 4 nitrogen and oxygen atoms in total. The summed E-state index contributed by atoms with van der Waals surface area (Å²) in [6.45, 7) is 3.08. The van der Waals surface area contributed by atoms with Gasteiger partial charge in [0, 0.05) is 10.7 Å². The normalized spacial score (nSPS) is 18.0. The molecular formula is C10H11BrN2O2. The summed E-state index contributed by atoms with van der Waals surface area (Å²) < 4.78 is 5.91. The summed E-state index contributed by atoms with van der Waals surface area (Å²) in [4.78, 5) is 15.7. The Labute approximate surface area is 96.2 Å². The van der Waals surface area contributed by atoms with E-state index >= 15 is 0 Å². The fourth-order valence-corrected chi connectivity index (χ4v) is 1.56. The quantitative estimate of drug-likeness (QED) is 0.883. The largest absolute Gasteiger partial charge is 0.376 e. The standard InChI is InChI=1S/C10H11BrN2O2/c1-10(5-15-6-10)13-9(14)8-3-2-7(11)4-12-8/h2-4H,5-6H2,1H3,(H,13,14). The van der Waals surface area contributed by atoms with Gasteiger partial charge in [-0.3, -0.25) is 4.79 Å². The molecule has 0 spiro atoms. The van der Waals surface area contributed by atoms with Crippen molar-refractivity contribution in [2.24, 2.45) is 0 Å². The summed E-state index contributed by atoms with van der Waals surface area (Å²) in [5.74, 6) is -0.159. The van der Waals surface area contributed by atoms with Gasteiger partial charge in [-0.15, -0.1) is 0 Å². The molecule has 1 aromatic rings. The second-order valence-corrected chi connectivity index (χ2v) is 4.78. The van der Waals surface area contributed by atoms with E-state index in [4.69, 9.17) is 4.74 Å². The number of aromatic nitrogens is 1. The molecule has 15 heavy (non-hydrogen) atoms. The first kappa shape index (κ1) is 10.6. The van der Waals surface area contributed by atoms with Gasteiger partial charge < -0.3 is 10.1 Å². The number of amides is 1. The third-order valence-electron chi connectivity index (χ3n) is 2.22. The average molecular weight is 271 g/mol. The molecule has 2 rings (SSSR count). The molecule has 1 fully saturated rings. The van der Waals surface area contributed by atoms with Crippen molar-refractivity contribution in [3.63, 3.8) is 0 Å². The van der Waals surface area contributed by atoms with Crippen LogP contribution >= 0.6 is 15.9 Å². The lowest BCUT2D eigenvalue weighted by molar-refractivity contribution is -0.0594. The van der Waals surface area contributed by atoms with Crippen molar-refractivity contribution >= 4 is 21.8 Å². The van der Waals surface area contributed by atoms with Crippen LogP contribution < -0.4 is 5.32 Å². The monoisotopic (exact) mass is 270 g/mol. The first-order valence-corrected chi connectivity index (χ1v) is 5.40. The van der Waals surface area contributed by atoms with Gasteiger partial charge in [0.1, 0.15) is 5.69 Å². The van der Waals surface area contributed by atoms with E-state index in [0.717, 1.165) is 4.47 Å². The van der Waals surface area contributed by atoms with Crippen LogP contribution in [0.15, 0.2) is 22.8 Å². The van der Waals surface area contributed by atoms with Crippen molar-refractivity contribution in [3.05, 3.63) is 28.5 Å². The van der Waals surface area contributed by atoms with Crippen LogP contribution in [0.5, 0.6) is 0 Å². The van der Waals surface area contributed by atoms with E-state index in [1.165, 1.54) is 0 Å². The molecule has 80 valence electrons. The van der Waals surface area contributed by atoms with Crippen molar-refractivity contribution in [2.75, 3.05) is 13.2 Å². The van der Waals surface area contributed by atoms with Crippen molar-refractivity contribution in [1.29, 1.82) is 0 Å². The number of hydrogen-bond donors (Lipinski definition) is 1. The van der Waals surface area contributed by atoms with Crippen LogP contribution in [-0.2, 0) is 4.74 Å². The Kier molecular flexibility index (Phi) is 2.75. The summed E-state index contributed by atoms with van der Waals surface area (Å²) >= 11 is 3.27. The van der Waals surface area contributed by atoms with Crippen LogP contribution in [0.25, 0.3) is 0 Å². The number of nitrogens with one attached hydrogen (secondary N) is 1. The van der Waals surface area contributed by atoms with Gasteiger partial charge in [-0.25, -0.2) is 4.98 Å². The lowest BCUT2D eigenvalue weighted by Gasteiger charge is -2.38. The molecule has 0 atom stereocenters. The predicted octanol–water partition coefficient (Wildman–Crippen LogP) is 1.36. The lowest BCUT2D eigenvalue weighted by Crippen LogP contribution is -2.60. The average Bonchev–Trinajstić information content (AvgIpc) is 2.16. The zero-order valence-corrected chi connectivity index (χ0v) is 9.87. The number of pyridine rings is 1. The Balaban J connectivity index is 2.04. The maximum absolute atomic E-state index is 11.7. The summed E-state index contributed by atoms with van der Waals surface area (Å²) in [5.41, 5.74) is 0.192. The van der Waals surface area contributed by atoms with Gasteiger partial charge in [0.25, 0.3) is 5.91 Å². The van der Waals surface area contributed by atoms with E-state index in [2.05, 4.69) is 26.2 Å². The minimum atomic E-state index is -0.230. The number of halogens is 1. The van der Waals surface area contributed by atoms with E-state index < -0.39 is 0 Å². The van der Waals surface area contributed by atoms with Gasteiger partial charge in [0.15, 0.2) is 0 Å². The maximum Gasteiger partial charge on any atom is 0.270 e. The van der Waals surface area contributed by atoms with Crippen molar-refractivity contribution < 1.29 is 9.53 Å². The van der Waals surface area contributed by atoms with E-state index in [-0.39, 0.29) is 11.4 Å². The minimum absolute atomic E-state index is 0.159. The first-order chi connectivity index (χ1) is 7.09.